The van der Waals surface area contributed by atoms with Crippen LogP contribution in [0, 0.1) is 6.92 Å². The van der Waals surface area contributed by atoms with Crippen LogP contribution >= 0.6 is 35.2 Å². The molecule has 0 saturated carbocycles. The average Bonchev–Trinajstić information content (AvgIpc) is 3.35. The van der Waals surface area contributed by atoms with Gasteiger partial charge in [-0.25, -0.2) is 0 Å². The van der Waals surface area contributed by atoms with Crippen molar-refractivity contribution >= 4 is 56.8 Å². The number of halogens is 1. The van der Waals surface area contributed by atoms with Crippen molar-refractivity contribution in [2.75, 3.05) is 12.4 Å². The Balaban J connectivity index is 1.48. The molecular formula is C21H19ClN6O2S2. The van der Waals surface area contributed by atoms with Crippen LogP contribution in [-0.4, -0.2) is 37.9 Å². The van der Waals surface area contributed by atoms with Gasteiger partial charge in [-0.15, -0.1) is 10.2 Å². The molecule has 8 nitrogen and oxygen atoms in total. The van der Waals surface area contributed by atoms with Crippen LogP contribution in [-0.2, 0) is 6.42 Å². The zero-order valence-electron chi connectivity index (χ0n) is 17.5. The number of hydrogen-bond donors (Lipinski definition) is 2. The van der Waals surface area contributed by atoms with E-state index in [9.17, 15) is 4.79 Å². The summed E-state index contributed by atoms with van der Waals surface area (Å²) in [6.07, 6.45) is 0.760. The van der Waals surface area contributed by atoms with Crippen LogP contribution in [0.5, 0.6) is 5.75 Å². The molecule has 0 saturated heterocycles. The molecule has 0 fully saturated rings. The Labute approximate surface area is 198 Å². The Morgan fingerprint density at radius 3 is 2.78 bits per heavy atom. The minimum atomic E-state index is -0.414. The maximum atomic E-state index is 12.6. The molecule has 2 heterocycles. The van der Waals surface area contributed by atoms with Gasteiger partial charge in [-0.3, -0.25) is 10.1 Å². The maximum absolute atomic E-state index is 12.6. The number of nitrogens with one attached hydrogen (secondary N) is 2. The van der Waals surface area contributed by atoms with Crippen LogP contribution in [0.15, 0.2) is 36.4 Å². The number of hydrogen-bond acceptors (Lipinski definition) is 7. The number of thiocarbonyl (C=S) groups is 1. The molecule has 2 N–H and O–H groups in total. The SMILES string of the molecule is CCc1nnc2sc(-c3ccc(NC(=S)NC(=O)c4cc(Cl)ccc4OC)c(C)c3)nn12. The van der Waals surface area contributed by atoms with Crippen molar-refractivity contribution in [2.24, 2.45) is 0 Å². The minimum absolute atomic E-state index is 0.166. The van der Waals surface area contributed by atoms with Crippen LogP contribution in [0.3, 0.4) is 0 Å². The molecule has 0 radical (unpaired) electrons. The number of carbonyl (C=O) groups is 1. The van der Waals surface area contributed by atoms with Crippen LogP contribution in [0.1, 0.15) is 28.7 Å². The van der Waals surface area contributed by atoms with E-state index in [-0.39, 0.29) is 5.11 Å². The number of amides is 1. The lowest BCUT2D eigenvalue weighted by Gasteiger charge is -2.14. The van der Waals surface area contributed by atoms with E-state index in [1.54, 1.807) is 16.6 Å². The number of benzene rings is 2. The fourth-order valence-electron chi connectivity index (χ4n) is 3.11. The van der Waals surface area contributed by atoms with Gasteiger partial charge in [0.25, 0.3) is 5.91 Å². The molecule has 0 aliphatic heterocycles. The number of nitrogens with zero attached hydrogens (tertiary/aromatic N) is 4. The second kappa shape index (κ2) is 9.19. The molecule has 0 bridgehead atoms. The number of methoxy groups -OCH3 is 1. The molecule has 2 aromatic heterocycles. The van der Waals surface area contributed by atoms with Gasteiger partial charge in [0.15, 0.2) is 10.9 Å². The highest BCUT2D eigenvalue weighted by atomic mass is 35.5. The van der Waals surface area contributed by atoms with Gasteiger partial charge >= 0.3 is 0 Å². The van der Waals surface area contributed by atoms with E-state index in [1.807, 2.05) is 32.0 Å². The minimum Gasteiger partial charge on any atom is -0.496 e. The number of carbonyl (C=O) groups excluding carboxylic acids is 1. The lowest BCUT2D eigenvalue weighted by molar-refractivity contribution is 0.0975. The second-order valence-electron chi connectivity index (χ2n) is 6.85. The molecular weight excluding hydrogens is 468 g/mol. The first kappa shape index (κ1) is 22.1. The largest absolute Gasteiger partial charge is 0.496 e. The Kier molecular flexibility index (Phi) is 6.35. The van der Waals surface area contributed by atoms with Gasteiger partial charge in [0, 0.05) is 22.7 Å². The van der Waals surface area contributed by atoms with Crippen molar-refractivity contribution in [1.29, 1.82) is 0 Å². The van der Waals surface area contributed by atoms with Gasteiger partial charge in [0.2, 0.25) is 4.96 Å². The standard InChI is InChI=1S/C21H19ClN6O2S2/c1-4-17-25-26-21-28(17)27-19(32-21)12-5-7-15(11(2)9-12)23-20(31)24-18(29)14-10-13(22)6-8-16(14)30-3/h5-10H,4H2,1-3H3,(H2,23,24,29,31). The molecule has 32 heavy (non-hydrogen) atoms. The molecule has 4 rings (SSSR count). The van der Waals surface area contributed by atoms with Gasteiger partial charge < -0.3 is 10.1 Å². The molecule has 0 atom stereocenters. The quantitative estimate of drug-likeness (QED) is 0.401. The molecule has 0 spiro atoms. The number of ether oxygens (including phenoxy) is 1. The van der Waals surface area contributed by atoms with Gasteiger partial charge in [-0.1, -0.05) is 29.9 Å². The van der Waals surface area contributed by atoms with E-state index < -0.39 is 5.91 Å². The third kappa shape index (κ3) is 4.43. The van der Waals surface area contributed by atoms with Crippen molar-refractivity contribution in [3.8, 4) is 16.3 Å². The summed E-state index contributed by atoms with van der Waals surface area (Å²) < 4.78 is 7.00. The predicted molar refractivity (Wildman–Crippen MR) is 130 cm³/mol. The Bertz CT molecular complexity index is 1330. The van der Waals surface area contributed by atoms with Crippen molar-refractivity contribution in [3.63, 3.8) is 0 Å². The molecule has 1 amide bonds. The molecule has 2 aromatic carbocycles. The van der Waals surface area contributed by atoms with Crippen molar-refractivity contribution < 1.29 is 9.53 Å². The summed E-state index contributed by atoms with van der Waals surface area (Å²) in [5.41, 5.74) is 2.98. The number of anilines is 1. The highest BCUT2D eigenvalue weighted by Gasteiger charge is 2.16. The van der Waals surface area contributed by atoms with Crippen molar-refractivity contribution in [1.82, 2.24) is 25.1 Å². The molecule has 4 aromatic rings. The zero-order chi connectivity index (χ0) is 22.8. The van der Waals surface area contributed by atoms with Crippen molar-refractivity contribution in [2.45, 2.75) is 20.3 Å². The van der Waals surface area contributed by atoms with E-state index in [2.05, 4.69) is 25.9 Å². The highest BCUT2D eigenvalue weighted by Crippen LogP contribution is 2.29. The smallest absolute Gasteiger partial charge is 0.261 e. The lowest BCUT2D eigenvalue weighted by atomic mass is 10.1. The average molecular weight is 487 g/mol. The van der Waals surface area contributed by atoms with Gasteiger partial charge in [0.1, 0.15) is 10.8 Å². The summed E-state index contributed by atoms with van der Waals surface area (Å²) in [7, 11) is 1.49. The zero-order valence-corrected chi connectivity index (χ0v) is 19.9. The van der Waals surface area contributed by atoms with Gasteiger partial charge in [0.05, 0.1) is 12.7 Å². The molecule has 11 heteroatoms. The first-order valence-corrected chi connectivity index (χ1v) is 11.3. The maximum Gasteiger partial charge on any atom is 0.261 e. The number of rotatable bonds is 5. The van der Waals surface area contributed by atoms with Crippen molar-refractivity contribution in [3.05, 3.63) is 58.4 Å². The van der Waals surface area contributed by atoms with Crippen LogP contribution in [0.2, 0.25) is 5.02 Å². The first-order chi connectivity index (χ1) is 15.4. The number of aromatic nitrogens is 4. The van der Waals surface area contributed by atoms with E-state index in [4.69, 9.17) is 28.6 Å². The summed E-state index contributed by atoms with van der Waals surface area (Å²) in [5.74, 6) is 0.823. The summed E-state index contributed by atoms with van der Waals surface area (Å²) >= 11 is 12.8. The molecule has 164 valence electrons. The Morgan fingerprint density at radius 1 is 1.25 bits per heavy atom. The molecule has 0 aliphatic carbocycles. The topological polar surface area (TPSA) is 93.4 Å². The summed E-state index contributed by atoms with van der Waals surface area (Å²) in [4.78, 5) is 13.4. The first-order valence-electron chi connectivity index (χ1n) is 9.67. The number of aryl methyl sites for hydroxylation is 2. The van der Waals surface area contributed by atoms with Crippen LogP contribution in [0.25, 0.3) is 15.5 Å². The second-order valence-corrected chi connectivity index (χ2v) is 8.65. The molecule has 0 aliphatic rings. The monoisotopic (exact) mass is 486 g/mol. The normalized spacial score (nSPS) is 10.9. The fraction of sp³-hybridized carbons (Fsp3) is 0.190. The lowest BCUT2D eigenvalue weighted by Crippen LogP contribution is -2.34. The van der Waals surface area contributed by atoms with Crippen LogP contribution < -0.4 is 15.4 Å². The Morgan fingerprint density at radius 2 is 2.06 bits per heavy atom. The number of fused-ring (bicyclic) bond motifs is 1. The highest BCUT2D eigenvalue weighted by molar-refractivity contribution is 7.80. The van der Waals surface area contributed by atoms with E-state index in [0.717, 1.165) is 39.0 Å². The summed E-state index contributed by atoms with van der Waals surface area (Å²) in [6, 6.07) is 10.7. The third-order valence-corrected chi connectivity index (χ3v) is 6.11. The fourth-order valence-corrected chi connectivity index (χ4v) is 4.34. The predicted octanol–water partition coefficient (Wildman–Crippen LogP) is 4.51. The van der Waals surface area contributed by atoms with E-state index in [0.29, 0.717) is 16.3 Å². The van der Waals surface area contributed by atoms with Gasteiger partial charge in [-0.2, -0.15) is 9.61 Å². The van der Waals surface area contributed by atoms with E-state index in [1.165, 1.54) is 24.5 Å². The summed E-state index contributed by atoms with van der Waals surface area (Å²) in [6.45, 7) is 3.97. The third-order valence-electron chi connectivity index (χ3n) is 4.73. The van der Waals surface area contributed by atoms with Gasteiger partial charge in [-0.05, 0) is 61.1 Å². The van der Waals surface area contributed by atoms with E-state index >= 15 is 0 Å². The molecule has 0 unspecified atom stereocenters. The van der Waals surface area contributed by atoms with Crippen LogP contribution in [0.4, 0.5) is 5.69 Å². The summed E-state index contributed by atoms with van der Waals surface area (Å²) in [5, 5.41) is 20.1. The Hall–Kier alpha value is -3.08.